The van der Waals surface area contributed by atoms with Gasteiger partial charge in [-0.15, -0.1) is 0 Å². The van der Waals surface area contributed by atoms with E-state index in [9.17, 15) is 4.39 Å². The zero-order valence-electron chi connectivity index (χ0n) is 10.9. The summed E-state index contributed by atoms with van der Waals surface area (Å²) in [6, 6.07) is 4.51. The van der Waals surface area contributed by atoms with Crippen LogP contribution in [0, 0.1) is 5.82 Å². The van der Waals surface area contributed by atoms with E-state index in [0.29, 0.717) is 12.3 Å². The number of nitrogens with two attached hydrogens (primary N) is 1. The molecular weight excluding hydrogens is 233 g/mol. The molecule has 0 aliphatic carbocycles. The maximum Gasteiger partial charge on any atom is 0.125 e. The second-order valence-corrected chi connectivity index (χ2v) is 5.05. The van der Waals surface area contributed by atoms with Crippen LogP contribution in [0.1, 0.15) is 32.3 Å². The summed E-state index contributed by atoms with van der Waals surface area (Å²) in [7, 11) is 0. The van der Waals surface area contributed by atoms with E-state index in [1.807, 2.05) is 13.8 Å². The van der Waals surface area contributed by atoms with Crippen molar-refractivity contribution in [1.82, 2.24) is 0 Å². The van der Waals surface area contributed by atoms with Crippen molar-refractivity contribution < 1.29 is 13.9 Å². The van der Waals surface area contributed by atoms with Crippen molar-refractivity contribution in [1.29, 1.82) is 0 Å². The van der Waals surface area contributed by atoms with Crippen molar-refractivity contribution in [3.05, 3.63) is 29.6 Å². The molecule has 1 aliphatic rings. The third kappa shape index (κ3) is 3.68. The second kappa shape index (κ2) is 5.67. The van der Waals surface area contributed by atoms with Gasteiger partial charge in [0.15, 0.2) is 0 Å². The van der Waals surface area contributed by atoms with Crippen molar-refractivity contribution in [3.63, 3.8) is 0 Å². The summed E-state index contributed by atoms with van der Waals surface area (Å²) < 4.78 is 24.6. The van der Waals surface area contributed by atoms with E-state index in [0.717, 1.165) is 18.4 Å². The van der Waals surface area contributed by atoms with E-state index >= 15 is 0 Å². The van der Waals surface area contributed by atoms with E-state index in [2.05, 4.69) is 0 Å². The lowest BCUT2D eigenvalue weighted by Crippen LogP contribution is -2.34. The first-order chi connectivity index (χ1) is 8.52. The van der Waals surface area contributed by atoms with E-state index in [4.69, 9.17) is 15.2 Å². The molecule has 3 nitrogen and oxygen atoms in total. The Balaban J connectivity index is 1.90. The van der Waals surface area contributed by atoms with Crippen LogP contribution in [0.2, 0.25) is 0 Å². The van der Waals surface area contributed by atoms with Crippen LogP contribution < -0.4 is 5.73 Å². The Kier molecular flexibility index (Phi) is 4.19. The number of ether oxygens (including phenoxy) is 2. The molecule has 0 aromatic heterocycles. The average molecular weight is 253 g/mol. The lowest BCUT2D eigenvalue weighted by Gasteiger charge is -2.32. The molecule has 1 saturated heterocycles. The van der Waals surface area contributed by atoms with Crippen LogP contribution in [-0.2, 0) is 16.1 Å². The molecule has 0 bridgehead atoms. The summed E-state index contributed by atoms with van der Waals surface area (Å²) >= 11 is 0. The van der Waals surface area contributed by atoms with Gasteiger partial charge < -0.3 is 15.2 Å². The second-order valence-electron chi connectivity index (χ2n) is 5.05. The van der Waals surface area contributed by atoms with Gasteiger partial charge >= 0.3 is 0 Å². The molecule has 1 heterocycles. The SMILES string of the molecule is CC1CC(OCc2cc(N)cc(F)c2)CC(C)O1. The third-order valence-electron chi connectivity index (χ3n) is 3.12. The Bertz CT molecular complexity index is 381. The van der Waals surface area contributed by atoms with Crippen molar-refractivity contribution in [2.24, 2.45) is 0 Å². The molecule has 2 unspecified atom stereocenters. The zero-order chi connectivity index (χ0) is 13.1. The molecule has 1 aromatic carbocycles. The Labute approximate surface area is 107 Å². The Hall–Kier alpha value is -1.13. The fourth-order valence-corrected chi connectivity index (χ4v) is 2.45. The number of anilines is 1. The minimum absolute atomic E-state index is 0.174. The van der Waals surface area contributed by atoms with Gasteiger partial charge in [0.25, 0.3) is 0 Å². The number of hydrogen-bond donors (Lipinski definition) is 1. The molecule has 1 aliphatic heterocycles. The smallest absolute Gasteiger partial charge is 0.125 e. The highest BCUT2D eigenvalue weighted by atomic mass is 19.1. The molecule has 0 radical (unpaired) electrons. The Morgan fingerprint density at radius 1 is 1.28 bits per heavy atom. The molecule has 2 atom stereocenters. The lowest BCUT2D eigenvalue weighted by molar-refractivity contribution is -0.106. The van der Waals surface area contributed by atoms with Crippen LogP contribution >= 0.6 is 0 Å². The first-order valence-electron chi connectivity index (χ1n) is 6.35. The number of nitrogen functional groups attached to an aromatic ring is 1. The van der Waals surface area contributed by atoms with E-state index in [-0.39, 0.29) is 24.1 Å². The van der Waals surface area contributed by atoms with E-state index in [1.54, 1.807) is 6.07 Å². The minimum atomic E-state index is -0.317. The van der Waals surface area contributed by atoms with Gasteiger partial charge in [-0.1, -0.05) is 0 Å². The van der Waals surface area contributed by atoms with Crippen LogP contribution in [0.4, 0.5) is 10.1 Å². The molecule has 4 heteroatoms. The predicted molar refractivity (Wildman–Crippen MR) is 68.6 cm³/mol. The number of benzene rings is 1. The summed E-state index contributed by atoms with van der Waals surface area (Å²) in [6.45, 7) is 4.49. The Morgan fingerprint density at radius 2 is 1.94 bits per heavy atom. The fourth-order valence-electron chi connectivity index (χ4n) is 2.45. The minimum Gasteiger partial charge on any atom is -0.399 e. The highest BCUT2D eigenvalue weighted by Crippen LogP contribution is 2.23. The summed E-state index contributed by atoms with van der Waals surface area (Å²) in [4.78, 5) is 0. The first kappa shape index (κ1) is 13.3. The number of halogens is 1. The van der Waals surface area contributed by atoms with Crippen molar-refractivity contribution in [2.45, 2.75) is 51.6 Å². The van der Waals surface area contributed by atoms with Crippen LogP contribution in [0.3, 0.4) is 0 Å². The quantitative estimate of drug-likeness (QED) is 0.842. The highest BCUT2D eigenvalue weighted by molar-refractivity contribution is 5.41. The molecular formula is C14H20FNO2. The van der Waals surface area contributed by atoms with E-state index < -0.39 is 0 Å². The first-order valence-corrected chi connectivity index (χ1v) is 6.35. The molecule has 100 valence electrons. The van der Waals surface area contributed by atoms with Gasteiger partial charge in [0.1, 0.15) is 5.82 Å². The van der Waals surface area contributed by atoms with Gasteiger partial charge in [0, 0.05) is 5.69 Å². The van der Waals surface area contributed by atoms with Gasteiger partial charge in [-0.3, -0.25) is 0 Å². The summed E-state index contributed by atoms with van der Waals surface area (Å²) in [5.74, 6) is -0.317. The number of hydrogen-bond acceptors (Lipinski definition) is 3. The van der Waals surface area contributed by atoms with Gasteiger partial charge in [-0.05, 0) is 50.5 Å². The number of rotatable bonds is 3. The van der Waals surface area contributed by atoms with Crippen molar-refractivity contribution in [3.8, 4) is 0 Å². The molecule has 0 saturated carbocycles. The molecule has 2 N–H and O–H groups in total. The predicted octanol–water partition coefficient (Wildman–Crippen LogP) is 2.88. The van der Waals surface area contributed by atoms with Gasteiger partial charge in [-0.25, -0.2) is 4.39 Å². The molecule has 18 heavy (non-hydrogen) atoms. The normalized spacial score (nSPS) is 28.3. The van der Waals surface area contributed by atoms with Crippen LogP contribution in [0.15, 0.2) is 18.2 Å². The molecule has 0 amide bonds. The molecule has 1 fully saturated rings. The highest BCUT2D eigenvalue weighted by Gasteiger charge is 2.24. The van der Waals surface area contributed by atoms with E-state index in [1.165, 1.54) is 12.1 Å². The standard InChI is InChI=1S/C14H20FNO2/c1-9-3-14(4-10(2)18-9)17-8-11-5-12(15)7-13(16)6-11/h5-7,9-10,14H,3-4,8,16H2,1-2H3. The van der Waals surface area contributed by atoms with Gasteiger partial charge in [-0.2, -0.15) is 0 Å². The van der Waals surface area contributed by atoms with Gasteiger partial charge in [0.2, 0.25) is 0 Å². The summed E-state index contributed by atoms with van der Waals surface area (Å²) in [5, 5.41) is 0. The topological polar surface area (TPSA) is 44.5 Å². The maximum atomic E-state index is 13.2. The van der Waals surface area contributed by atoms with Crippen LogP contribution in [-0.4, -0.2) is 18.3 Å². The van der Waals surface area contributed by atoms with Gasteiger partial charge in [0.05, 0.1) is 24.9 Å². The van der Waals surface area contributed by atoms with Crippen LogP contribution in [0.25, 0.3) is 0 Å². The Morgan fingerprint density at radius 3 is 2.56 bits per heavy atom. The maximum absolute atomic E-state index is 13.2. The fraction of sp³-hybridized carbons (Fsp3) is 0.571. The zero-order valence-corrected chi connectivity index (χ0v) is 10.9. The van der Waals surface area contributed by atoms with Crippen LogP contribution in [0.5, 0.6) is 0 Å². The molecule has 2 rings (SSSR count). The molecule has 0 spiro atoms. The largest absolute Gasteiger partial charge is 0.399 e. The van der Waals surface area contributed by atoms with Crippen molar-refractivity contribution in [2.75, 3.05) is 5.73 Å². The monoisotopic (exact) mass is 253 g/mol. The third-order valence-corrected chi connectivity index (χ3v) is 3.12. The molecule has 1 aromatic rings. The summed E-state index contributed by atoms with van der Waals surface area (Å²) in [6.07, 6.45) is 2.38. The van der Waals surface area contributed by atoms with Crippen molar-refractivity contribution >= 4 is 5.69 Å². The average Bonchev–Trinajstić information content (AvgIpc) is 2.23. The summed E-state index contributed by atoms with van der Waals surface area (Å²) in [5.41, 5.74) is 6.81. The lowest BCUT2D eigenvalue weighted by atomic mass is 10.0.